The Bertz CT molecular complexity index is 354. The summed E-state index contributed by atoms with van der Waals surface area (Å²) in [5, 5.41) is 9.13. The number of hydrogen-bond acceptors (Lipinski definition) is 4. The first-order chi connectivity index (χ1) is 7.24. The van der Waals surface area contributed by atoms with Gasteiger partial charge in [-0.25, -0.2) is 9.97 Å². The number of aliphatic hydroxyl groups excluding tert-OH is 1. The summed E-state index contributed by atoms with van der Waals surface area (Å²) < 4.78 is 0. The fourth-order valence-electron chi connectivity index (χ4n) is 1.98. The largest absolute Gasteiger partial charge is 0.394 e. The molecule has 0 saturated carbocycles. The third-order valence-electron chi connectivity index (χ3n) is 3.11. The number of likely N-dealkylation sites (N-methyl/N-ethyl adjacent to an activating group) is 1. The molecule has 2 rings (SSSR count). The molecule has 0 saturated heterocycles. The Labute approximate surface area is 90.0 Å². The van der Waals surface area contributed by atoms with Crippen LogP contribution in [0.2, 0.25) is 0 Å². The molecular formula is C11H17N3O. The van der Waals surface area contributed by atoms with Crippen LogP contribution < -0.4 is 4.90 Å². The van der Waals surface area contributed by atoms with E-state index in [2.05, 4.69) is 9.97 Å². The van der Waals surface area contributed by atoms with Crippen LogP contribution in [0.3, 0.4) is 0 Å². The first-order valence-corrected chi connectivity index (χ1v) is 5.40. The van der Waals surface area contributed by atoms with E-state index >= 15 is 0 Å². The average molecular weight is 207 g/mol. The Morgan fingerprint density at radius 2 is 2.27 bits per heavy atom. The van der Waals surface area contributed by atoms with Crippen LogP contribution in [0, 0.1) is 0 Å². The zero-order valence-corrected chi connectivity index (χ0v) is 9.27. The molecule has 4 heteroatoms. The molecule has 0 radical (unpaired) electrons. The van der Waals surface area contributed by atoms with Crippen LogP contribution in [0.4, 0.5) is 5.82 Å². The minimum atomic E-state index is 0.101. The van der Waals surface area contributed by atoms with Crippen molar-refractivity contribution in [3.63, 3.8) is 0 Å². The molecule has 0 bridgehead atoms. The minimum Gasteiger partial charge on any atom is -0.394 e. The highest BCUT2D eigenvalue weighted by Gasteiger charge is 2.21. The maximum Gasteiger partial charge on any atom is 0.135 e. The second kappa shape index (κ2) is 4.14. The van der Waals surface area contributed by atoms with E-state index < -0.39 is 0 Å². The van der Waals surface area contributed by atoms with Crippen molar-refractivity contribution in [2.75, 3.05) is 18.6 Å². The summed E-state index contributed by atoms with van der Waals surface area (Å²) in [5.41, 5.74) is 2.44. The number of aryl methyl sites for hydroxylation is 1. The molecule has 1 N–H and O–H groups in total. The van der Waals surface area contributed by atoms with Crippen LogP contribution in [0.15, 0.2) is 6.33 Å². The molecule has 0 aliphatic heterocycles. The summed E-state index contributed by atoms with van der Waals surface area (Å²) in [6.07, 6.45) is 4.92. The number of fused-ring (bicyclic) bond motifs is 1. The van der Waals surface area contributed by atoms with E-state index in [1.165, 1.54) is 17.7 Å². The van der Waals surface area contributed by atoms with Crippen molar-refractivity contribution >= 4 is 5.82 Å². The second-order valence-electron chi connectivity index (χ2n) is 4.12. The number of nitrogens with zero attached hydrogens (tertiary/aromatic N) is 3. The summed E-state index contributed by atoms with van der Waals surface area (Å²) in [6, 6.07) is 0.101. The van der Waals surface area contributed by atoms with Gasteiger partial charge in [0, 0.05) is 18.3 Å². The summed E-state index contributed by atoms with van der Waals surface area (Å²) in [5.74, 6) is 0.985. The number of aromatic nitrogens is 2. The topological polar surface area (TPSA) is 49.2 Å². The number of hydrogen-bond donors (Lipinski definition) is 1. The average Bonchev–Trinajstić information content (AvgIpc) is 2.74. The van der Waals surface area contributed by atoms with Gasteiger partial charge in [0.15, 0.2) is 0 Å². The van der Waals surface area contributed by atoms with E-state index in [1.807, 2.05) is 18.9 Å². The Morgan fingerprint density at radius 3 is 3.00 bits per heavy atom. The normalized spacial score (nSPS) is 16.2. The van der Waals surface area contributed by atoms with Gasteiger partial charge in [-0.15, -0.1) is 0 Å². The van der Waals surface area contributed by atoms with Gasteiger partial charge in [-0.05, 0) is 26.2 Å². The van der Waals surface area contributed by atoms with E-state index in [1.54, 1.807) is 6.33 Å². The molecule has 15 heavy (non-hydrogen) atoms. The lowest BCUT2D eigenvalue weighted by Crippen LogP contribution is -2.33. The van der Waals surface area contributed by atoms with Crippen LogP contribution >= 0.6 is 0 Å². The molecule has 1 aliphatic rings. The molecule has 4 nitrogen and oxygen atoms in total. The standard InChI is InChI=1S/C11H17N3O/c1-8(6-15)14(2)11-9-4-3-5-10(9)12-7-13-11/h7-8,15H,3-6H2,1-2H3. The molecule has 82 valence electrons. The van der Waals surface area contributed by atoms with Crippen LogP contribution in [0.25, 0.3) is 0 Å². The molecule has 0 aromatic carbocycles. The summed E-state index contributed by atoms with van der Waals surface area (Å²) in [4.78, 5) is 10.6. The van der Waals surface area contributed by atoms with Crippen molar-refractivity contribution in [3.05, 3.63) is 17.6 Å². The van der Waals surface area contributed by atoms with Crippen LogP contribution in [-0.2, 0) is 12.8 Å². The molecule has 1 aromatic rings. The predicted octanol–water partition coefficient (Wildman–Crippen LogP) is 0.782. The highest BCUT2D eigenvalue weighted by molar-refractivity contribution is 5.50. The third-order valence-corrected chi connectivity index (χ3v) is 3.11. The van der Waals surface area contributed by atoms with Gasteiger partial charge in [0.2, 0.25) is 0 Å². The fraction of sp³-hybridized carbons (Fsp3) is 0.636. The Kier molecular flexibility index (Phi) is 2.86. The lowest BCUT2D eigenvalue weighted by atomic mass is 10.2. The second-order valence-corrected chi connectivity index (χ2v) is 4.12. The van der Waals surface area contributed by atoms with Crippen LogP contribution in [0.5, 0.6) is 0 Å². The van der Waals surface area contributed by atoms with Crippen molar-refractivity contribution in [3.8, 4) is 0 Å². The SMILES string of the molecule is CC(CO)N(C)c1ncnc2c1CCC2. The molecule has 1 heterocycles. The van der Waals surface area contributed by atoms with Gasteiger partial charge in [0.1, 0.15) is 12.1 Å². The monoisotopic (exact) mass is 207 g/mol. The maximum atomic E-state index is 9.13. The van der Waals surface area contributed by atoms with Crippen molar-refractivity contribution in [1.82, 2.24) is 9.97 Å². The highest BCUT2D eigenvalue weighted by Crippen LogP contribution is 2.27. The molecular weight excluding hydrogens is 190 g/mol. The molecule has 1 atom stereocenters. The van der Waals surface area contributed by atoms with E-state index in [0.717, 1.165) is 18.7 Å². The molecule has 0 spiro atoms. The van der Waals surface area contributed by atoms with Gasteiger partial charge in [0.05, 0.1) is 12.6 Å². The first kappa shape index (κ1) is 10.4. The molecule has 1 unspecified atom stereocenters. The van der Waals surface area contributed by atoms with Crippen molar-refractivity contribution < 1.29 is 5.11 Å². The Balaban J connectivity index is 2.32. The fourth-order valence-corrected chi connectivity index (χ4v) is 1.98. The molecule has 1 aliphatic carbocycles. The quantitative estimate of drug-likeness (QED) is 0.796. The number of aliphatic hydroxyl groups is 1. The van der Waals surface area contributed by atoms with Gasteiger partial charge in [0.25, 0.3) is 0 Å². The lowest BCUT2D eigenvalue weighted by molar-refractivity contribution is 0.269. The van der Waals surface area contributed by atoms with Gasteiger partial charge >= 0.3 is 0 Å². The zero-order chi connectivity index (χ0) is 10.8. The Morgan fingerprint density at radius 1 is 1.47 bits per heavy atom. The van der Waals surface area contributed by atoms with Crippen molar-refractivity contribution in [2.45, 2.75) is 32.2 Å². The van der Waals surface area contributed by atoms with E-state index in [4.69, 9.17) is 5.11 Å². The Hall–Kier alpha value is -1.16. The number of anilines is 1. The van der Waals surface area contributed by atoms with Crippen molar-refractivity contribution in [2.24, 2.45) is 0 Å². The van der Waals surface area contributed by atoms with Crippen molar-refractivity contribution in [1.29, 1.82) is 0 Å². The number of rotatable bonds is 3. The lowest BCUT2D eigenvalue weighted by Gasteiger charge is -2.25. The van der Waals surface area contributed by atoms with Gasteiger partial charge < -0.3 is 10.0 Å². The first-order valence-electron chi connectivity index (χ1n) is 5.40. The highest BCUT2D eigenvalue weighted by atomic mass is 16.3. The maximum absolute atomic E-state index is 9.13. The molecule has 1 aromatic heterocycles. The van der Waals surface area contributed by atoms with Crippen LogP contribution in [0.1, 0.15) is 24.6 Å². The van der Waals surface area contributed by atoms with E-state index in [0.29, 0.717) is 0 Å². The van der Waals surface area contributed by atoms with Gasteiger partial charge in [-0.1, -0.05) is 0 Å². The van der Waals surface area contributed by atoms with E-state index in [-0.39, 0.29) is 12.6 Å². The minimum absolute atomic E-state index is 0.101. The summed E-state index contributed by atoms with van der Waals surface area (Å²) in [6.45, 7) is 2.14. The van der Waals surface area contributed by atoms with Crippen LogP contribution in [-0.4, -0.2) is 34.8 Å². The summed E-state index contributed by atoms with van der Waals surface area (Å²) >= 11 is 0. The smallest absolute Gasteiger partial charge is 0.135 e. The van der Waals surface area contributed by atoms with Gasteiger partial charge in [-0.3, -0.25) is 0 Å². The summed E-state index contributed by atoms with van der Waals surface area (Å²) in [7, 11) is 1.97. The predicted molar refractivity (Wildman–Crippen MR) is 59.0 cm³/mol. The third kappa shape index (κ3) is 1.81. The molecule has 0 fully saturated rings. The van der Waals surface area contributed by atoms with E-state index in [9.17, 15) is 0 Å². The zero-order valence-electron chi connectivity index (χ0n) is 9.27. The van der Waals surface area contributed by atoms with Gasteiger partial charge in [-0.2, -0.15) is 0 Å². The molecule has 0 amide bonds.